The van der Waals surface area contributed by atoms with Crippen molar-refractivity contribution in [1.29, 1.82) is 0 Å². The number of carboxylic acids is 2. The lowest BCUT2D eigenvalue weighted by molar-refractivity contribution is -0.142. The van der Waals surface area contributed by atoms with Crippen molar-refractivity contribution < 1.29 is 24.6 Å². The molecule has 1 aromatic carbocycles. The lowest BCUT2D eigenvalue weighted by Gasteiger charge is -2.39. The van der Waals surface area contributed by atoms with Gasteiger partial charge in [0.2, 0.25) is 5.91 Å². The molecule has 1 aromatic heterocycles. The van der Waals surface area contributed by atoms with E-state index in [4.69, 9.17) is 0 Å². The molecule has 33 heavy (non-hydrogen) atoms. The fourth-order valence-electron chi connectivity index (χ4n) is 5.24. The number of carbonyl (C=O) groups is 3. The average molecular weight is 470 g/mol. The van der Waals surface area contributed by atoms with E-state index in [-0.39, 0.29) is 22.7 Å². The Hall–Kier alpha value is -2.67. The van der Waals surface area contributed by atoms with E-state index in [9.17, 15) is 24.6 Å². The van der Waals surface area contributed by atoms with Gasteiger partial charge in [-0.05, 0) is 68.9 Å². The maximum absolute atomic E-state index is 13.9. The molecule has 0 spiro atoms. The van der Waals surface area contributed by atoms with Crippen molar-refractivity contribution in [3.8, 4) is 10.4 Å². The minimum absolute atomic E-state index is 0.000543. The van der Waals surface area contributed by atoms with Gasteiger partial charge in [0.25, 0.3) is 0 Å². The van der Waals surface area contributed by atoms with E-state index in [2.05, 4.69) is 6.92 Å². The first kappa shape index (κ1) is 23.5. The van der Waals surface area contributed by atoms with Crippen LogP contribution < -0.4 is 4.90 Å². The molecule has 2 aromatic rings. The highest BCUT2D eigenvalue weighted by Gasteiger charge is 2.38. The van der Waals surface area contributed by atoms with Gasteiger partial charge < -0.3 is 15.1 Å². The molecular weight excluding hydrogens is 438 g/mol. The zero-order valence-electron chi connectivity index (χ0n) is 18.9. The fourth-order valence-corrected chi connectivity index (χ4v) is 6.23. The quantitative estimate of drug-likeness (QED) is 0.548. The van der Waals surface area contributed by atoms with Gasteiger partial charge in [-0.1, -0.05) is 37.3 Å². The van der Waals surface area contributed by atoms with Gasteiger partial charge in [0, 0.05) is 16.8 Å². The molecule has 2 saturated carbocycles. The van der Waals surface area contributed by atoms with Crippen molar-refractivity contribution >= 4 is 34.9 Å². The molecule has 2 fully saturated rings. The second-order valence-corrected chi connectivity index (χ2v) is 10.6. The second-order valence-electron chi connectivity index (χ2n) is 9.50. The first-order chi connectivity index (χ1) is 15.8. The highest BCUT2D eigenvalue weighted by Crippen LogP contribution is 2.42. The Morgan fingerprint density at radius 3 is 2.06 bits per heavy atom. The van der Waals surface area contributed by atoms with Gasteiger partial charge in [-0.3, -0.25) is 9.59 Å². The number of thiophene rings is 1. The van der Waals surface area contributed by atoms with Gasteiger partial charge in [-0.15, -0.1) is 11.3 Å². The van der Waals surface area contributed by atoms with Crippen LogP contribution in [0.3, 0.4) is 0 Å². The van der Waals surface area contributed by atoms with Crippen molar-refractivity contribution in [2.75, 3.05) is 4.90 Å². The number of benzene rings is 1. The van der Waals surface area contributed by atoms with Gasteiger partial charge in [0.15, 0.2) is 0 Å². The lowest BCUT2D eigenvalue weighted by atomic mass is 9.80. The van der Waals surface area contributed by atoms with E-state index < -0.39 is 17.9 Å². The molecule has 2 aliphatic rings. The van der Waals surface area contributed by atoms with Gasteiger partial charge >= 0.3 is 11.9 Å². The third-order valence-corrected chi connectivity index (χ3v) is 8.40. The number of aromatic carboxylic acids is 1. The van der Waals surface area contributed by atoms with E-state index in [0.29, 0.717) is 37.3 Å². The molecule has 0 bridgehead atoms. The van der Waals surface area contributed by atoms with E-state index >= 15 is 0 Å². The Labute approximate surface area is 198 Å². The van der Waals surface area contributed by atoms with E-state index in [0.717, 1.165) is 36.1 Å². The zero-order chi connectivity index (χ0) is 23.5. The number of nitrogens with zero attached hydrogens (tertiary/aromatic N) is 1. The van der Waals surface area contributed by atoms with Crippen LogP contribution in [0.5, 0.6) is 0 Å². The summed E-state index contributed by atoms with van der Waals surface area (Å²) < 4.78 is 0. The van der Waals surface area contributed by atoms with Crippen LogP contribution in [0.25, 0.3) is 10.4 Å². The number of hydrogen-bond acceptors (Lipinski definition) is 4. The van der Waals surface area contributed by atoms with Crippen LogP contribution in [0.1, 0.15) is 68.0 Å². The molecule has 1 amide bonds. The topological polar surface area (TPSA) is 94.9 Å². The predicted octanol–water partition coefficient (Wildman–Crippen LogP) is 5.92. The molecule has 7 heteroatoms. The van der Waals surface area contributed by atoms with Crippen LogP contribution in [-0.4, -0.2) is 34.1 Å². The summed E-state index contributed by atoms with van der Waals surface area (Å²) in [4.78, 5) is 40.3. The highest BCUT2D eigenvalue weighted by molar-refractivity contribution is 7.18. The van der Waals surface area contributed by atoms with Crippen molar-refractivity contribution in [3.63, 3.8) is 0 Å². The first-order valence-corrected chi connectivity index (χ1v) is 12.6. The molecule has 0 aliphatic heterocycles. The minimum atomic E-state index is -1.04. The summed E-state index contributed by atoms with van der Waals surface area (Å²) in [7, 11) is 0. The first-order valence-electron chi connectivity index (χ1n) is 11.8. The van der Waals surface area contributed by atoms with Crippen molar-refractivity contribution in [2.24, 2.45) is 17.8 Å². The van der Waals surface area contributed by atoms with Crippen molar-refractivity contribution in [3.05, 3.63) is 41.3 Å². The van der Waals surface area contributed by atoms with E-state index in [1.54, 1.807) is 4.90 Å². The normalized spacial score (nSPS) is 25.4. The Bertz CT molecular complexity index is 1000. The number of aliphatic carboxylic acids is 1. The summed E-state index contributed by atoms with van der Waals surface area (Å²) in [6, 6.07) is 11.3. The smallest absolute Gasteiger partial charge is 0.348 e. The predicted molar refractivity (Wildman–Crippen MR) is 129 cm³/mol. The molecule has 4 rings (SSSR count). The summed E-state index contributed by atoms with van der Waals surface area (Å²) in [5.41, 5.74) is 1.39. The molecule has 0 saturated heterocycles. The summed E-state index contributed by atoms with van der Waals surface area (Å²) in [6.07, 6.45) is 5.79. The molecule has 6 nitrogen and oxygen atoms in total. The maximum atomic E-state index is 13.9. The van der Waals surface area contributed by atoms with Crippen LogP contribution >= 0.6 is 11.3 Å². The Kier molecular flexibility index (Phi) is 7.17. The number of amides is 1. The number of hydrogen-bond donors (Lipinski definition) is 2. The monoisotopic (exact) mass is 469 g/mol. The number of rotatable bonds is 6. The van der Waals surface area contributed by atoms with Gasteiger partial charge in [-0.25, -0.2) is 4.79 Å². The summed E-state index contributed by atoms with van der Waals surface area (Å²) in [5, 5.41) is 19.4. The third-order valence-electron chi connectivity index (χ3n) is 7.24. The molecule has 0 unspecified atom stereocenters. The minimum Gasteiger partial charge on any atom is -0.481 e. The molecule has 2 N–H and O–H groups in total. The second kappa shape index (κ2) is 10.1. The number of carboxylic acid groups (broad SMARTS) is 2. The Morgan fingerprint density at radius 1 is 0.879 bits per heavy atom. The van der Waals surface area contributed by atoms with Crippen LogP contribution in [-0.2, 0) is 9.59 Å². The van der Waals surface area contributed by atoms with Gasteiger partial charge in [-0.2, -0.15) is 0 Å². The summed E-state index contributed by atoms with van der Waals surface area (Å²) in [5.74, 6) is -1.73. The maximum Gasteiger partial charge on any atom is 0.348 e. The Balaban J connectivity index is 1.71. The van der Waals surface area contributed by atoms with Crippen LogP contribution in [0.15, 0.2) is 36.4 Å². The van der Waals surface area contributed by atoms with Gasteiger partial charge in [0.05, 0.1) is 11.6 Å². The lowest BCUT2D eigenvalue weighted by Crippen LogP contribution is -2.47. The molecular formula is C26H31NO5S. The van der Waals surface area contributed by atoms with E-state index in [1.165, 1.54) is 11.3 Å². The molecule has 1 heterocycles. The summed E-state index contributed by atoms with van der Waals surface area (Å²) >= 11 is 1.20. The van der Waals surface area contributed by atoms with Crippen molar-refractivity contribution in [1.82, 2.24) is 0 Å². The molecule has 0 radical (unpaired) electrons. The van der Waals surface area contributed by atoms with Crippen LogP contribution in [0.2, 0.25) is 0 Å². The molecule has 2 aliphatic carbocycles. The van der Waals surface area contributed by atoms with E-state index in [1.807, 2.05) is 36.4 Å². The van der Waals surface area contributed by atoms with Crippen LogP contribution in [0, 0.1) is 17.8 Å². The van der Waals surface area contributed by atoms with Crippen LogP contribution in [0.4, 0.5) is 5.69 Å². The molecule has 0 atom stereocenters. The Morgan fingerprint density at radius 2 is 1.48 bits per heavy atom. The highest BCUT2D eigenvalue weighted by atomic mass is 32.1. The van der Waals surface area contributed by atoms with Gasteiger partial charge in [0.1, 0.15) is 4.88 Å². The molecule has 176 valence electrons. The fraction of sp³-hybridized carbons (Fsp3) is 0.500. The zero-order valence-corrected chi connectivity index (χ0v) is 19.7. The summed E-state index contributed by atoms with van der Waals surface area (Å²) in [6.45, 7) is 2.21. The number of anilines is 1. The number of carbonyl (C=O) groups excluding carboxylic acids is 1. The average Bonchev–Trinajstić information content (AvgIpc) is 3.26. The van der Waals surface area contributed by atoms with Crippen molar-refractivity contribution in [2.45, 2.75) is 64.3 Å². The standard InChI is InChI=1S/C26H31NO5S/c1-16-7-9-18(10-8-16)24(28)27(20-13-11-19(12-14-20)25(29)30)21-15-22(33-23(21)26(31)32)17-5-3-2-4-6-17/h2-6,15-16,18-20H,7-14H2,1H3,(H,29,30)(H,31,32)/t16?,18?,19-,20+. The SMILES string of the molecule is CC1CCC(C(=O)N(c2cc(-c3ccccc3)sc2C(=O)O)[C@H]2CC[C@@H](C(=O)O)CC2)CC1. The third kappa shape index (κ3) is 5.13. The largest absolute Gasteiger partial charge is 0.481 e.